The highest BCUT2D eigenvalue weighted by Gasteiger charge is 2.31. The molecule has 0 amide bonds. The van der Waals surface area contributed by atoms with Crippen LogP contribution in [0.15, 0.2) is 0 Å². The van der Waals surface area contributed by atoms with Gasteiger partial charge in [0, 0.05) is 12.6 Å². The molecule has 3 heteroatoms. The molecule has 1 N–H and O–H groups in total. The lowest BCUT2D eigenvalue weighted by atomic mass is 9.84. The fourth-order valence-corrected chi connectivity index (χ4v) is 2.89. The van der Waals surface area contributed by atoms with Crippen LogP contribution >= 0.6 is 0 Å². The van der Waals surface area contributed by atoms with Crippen molar-refractivity contribution in [2.75, 3.05) is 19.8 Å². The number of unbranched alkanes of at least 4 members (excludes halogenated alkanes) is 1. The summed E-state index contributed by atoms with van der Waals surface area (Å²) in [6, 6.07) is 0.192. The number of hydrogen-bond acceptors (Lipinski definition) is 2. The lowest BCUT2D eigenvalue weighted by Crippen LogP contribution is -2.45. The molecule has 108 valence electrons. The van der Waals surface area contributed by atoms with Crippen LogP contribution in [-0.4, -0.2) is 31.5 Å². The third-order valence-electron chi connectivity index (χ3n) is 3.93. The van der Waals surface area contributed by atoms with Gasteiger partial charge in [0.05, 0.1) is 13.2 Å². The van der Waals surface area contributed by atoms with Crippen LogP contribution in [0.5, 0.6) is 0 Å². The van der Waals surface area contributed by atoms with Gasteiger partial charge in [0.15, 0.2) is 0 Å². The van der Waals surface area contributed by atoms with Gasteiger partial charge in [-0.15, -0.1) is 0 Å². The Bertz CT molecular complexity index is 215. The average Bonchev–Trinajstić information content (AvgIpc) is 2.35. The molecule has 1 aliphatic heterocycles. The molecule has 3 unspecified atom stereocenters. The van der Waals surface area contributed by atoms with E-state index >= 15 is 0 Å². The molecule has 0 aliphatic carbocycles. The summed E-state index contributed by atoms with van der Waals surface area (Å²) < 4.78 is 20.0. The summed E-state index contributed by atoms with van der Waals surface area (Å²) in [5, 5.41) is 3.34. The van der Waals surface area contributed by atoms with Crippen molar-refractivity contribution in [2.45, 2.75) is 71.0 Å². The molecule has 0 spiro atoms. The number of hydrogen-bond donors (Lipinski definition) is 1. The highest BCUT2D eigenvalue weighted by atomic mass is 19.1. The van der Waals surface area contributed by atoms with E-state index in [-0.39, 0.29) is 6.04 Å². The van der Waals surface area contributed by atoms with E-state index in [0.29, 0.717) is 25.4 Å². The molecule has 2 nitrogen and oxygen atoms in total. The van der Waals surface area contributed by atoms with Crippen molar-refractivity contribution in [3.63, 3.8) is 0 Å². The second kappa shape index (κ2) is 8.11. The average molecular weight is 259 g/mol. The Kier molecular flexibility index (Phi) is 7.16. The summed E-state index contributed by atoms with van der Waals surface area (Å²) in [6.07, 6.45) is 5.96. The highest BCUT2D eigenvalue weighted by Crippen LogP contribution is 2.31. The summed E-state index contributed by atoms with van der Waals surface area (Å²) in [4.78, 5) is 0. The Labute approximate surface area is 112 Å². The fraction of sp³-hybridized carbons (Fsp3) is 1.00. The Morgan fingerprint density at radius 1 is 1.44 bits per heavy atom. The third kappa shape index (κ3) is 6.14. The number of nitrogens with one attached hydrogen (secondary N) is 1. The lowest BCUT2D eigenvalue weighted by Gasteiger charge is -2.32. The SMILES string of the molecule is CCCCC(CC)CC(C)(F)CC1COCCN1. The molecule has 1 aliphatic rings. The highest BCUT2D eigenvalue weighted by molar-refractivity contribution is 4.84. The first kappa shape index (κ1) is 15.9. The topological polar surface area (TPSA) is 21.3 Å². The quantitative estimate of drug-likeness (QED) is 0.717. The molecule has 0 aromatic rings. The van der Waals surface area contributed by atoms with Crippen LogP contribution in [0, 0.1) is 5.92 Å². The first-order valence-corrected chi connectivity index (χ1v) is 7.57. The molecule has 0 aromatic carbocycles. The molecule has 3 atom stereocenters. The van der Waals surface area contributed by atoms with Crippen LogP contribution in [0.25, 0.3) is 0 Å². The molecule has 1 rings (SSSR count). The van der Waals surface area contributed by atoms with Gasteiger partial charge in [0.1, 0.15) is 5.67 Å². The van der Waals surface area contributed by atoms with Crippen molar-refractivity contribution in [2.24, 2.45) is 5.92 Å². The number of morpholine rings is 1. The predicted octanol–water partition coefficient (Wildman–Crippen LogP) is 3.70. The van der Waals surface area contributed by atoms with Crippen molar-refractivity contribution in [1.82, 2.24) is 5.32 Å². The molecule has 1 heterocycles. The molecule has 0 bridgehead atoms. The van der Waals surface area contributed by atoms with Crippen molar-refractivity contribution >= 4 is 0 Å². The molecule has 18 heavy (non-hydrogen) atoms. The standard InChI is InChI=1S/C15H30FNO/c1-4-6-7-13(5-2)10-15(3,16)11-14-12-18-9-8-17-14/h13-14,17H,4-12H2,1-3H3. The maximum atomic E-state index is 14.6. The van der Waals surface area contributed by atoms with Gasteiger partial charge in [-0.3, -0.25) is 0 Å². The van der Waals surface area contributed by atoms with Crippen LogP contribution in [0.2, 0.25) is 0 Å². The second-order valence-corrected chi connectivity index (χ2v) is 5.96. The summed E-state index contributed by atoms with van der Waals surface area (Å²) in [5.41, 5.74) is -1.06. The summed E-state index contributed by atoms with van der Waals surface area (Å²) in [7, 11) is 0. The Balaban J connectivity index is 2.35. The van der Waals surface area contributed by atoms with E-state index in [1.807, 2.05) is 0 Å². The monoisotopic (exact) mass is 259 g/mol. The van der Waals surface area contributed by atoms with E-state index in [9.17, 15) is 4.39 Å². The first-order chi connectivity index (χ1) is 8.57. The van der Waals surface area contributed by atoms with Crippen LogP contribution < -0.4 is 5.32 Å². The Morgan fingerprint density at radius 2 is 2.22 bits per heavy atom. The minimum atomic E-state index is -1.06. The van der Waals surface area contributed by atoms with Gasteiger partial charge in [-0.25, -0.2) is 4.39 Å². The van der Waals surface area contributed by atoms with Gasteiger partial charge in [-0.05, 0) is 25.7 Å². The van der Waals surface area contributed by atoms with E-state index in [1.54, 1.807) is 6.92 Å². The van der Waals surface area contributed by atoms with Gasteiger partial charge in [0.2, 0.25) is 0 Å². The summed E-state index contributed by atoms with van der Waals surface area (Å²) in [6.45, 7) is 8.41. The summed E-state index contributed by atoms with van der Waals surface area (Å²) in [5.74, 6) is 0.532. The zero-order chi connectivity index (χ0) is 13.4. The molecule has 1 fully saturated rings. The first-order valence-electron chi connectivity index (χ1n) is 7.57. The van der Waals surface area contributed by atoms with Crippen LogP contribution in [0.4, 0.5) is 4.39 Å². The Hall–Kier alpha value is -0.150. The number of ether oxygens (including phenoxy) is 1. The van der Waals surface area contributed by atoms with E-state index in [4.69, 9.17) is 4.74 Å². The molecule has 0 radical (unpaired) electrons. The Morgan fingerprint density at radius 3 is 2.78 bits per heavy atom. The van der Waals surface area contributed by atoms with Crippen molar-refractivity contribution in [3.05, 3.63) is 0 Å². The fourth-order valence-electron chi connectivity index (χ4n) is 2.89. The van der Waals surface area contributed by atoms with Crippen molar-refractivity contribution in [1.29, 1.82) is 0 Å². The van der Waals surface area contributed by atoms with Crippen LogP contribution in [-0.2, 0) is 4.74 Å². The molecular formula is C15H30FNO. The lowest BCUT2D eigenvalue weighted by molar-refractivity contribution is 0.0396. The van der Waals surface area contributed by atoms with Crippen molar-refractivity contribution < 1.29 is 9.13 Å². The van der Waals surface area contributed by atoms with Gasteiger partial charge < -0.3 is 10.1 Å². The number of rotatable bonds is 8. The normalized spacial score (nSPS) is 25.7. The minimum Gasteiger partial charge on any atom is -0.379 e. The molecule has 0 aromatic heterocycles. The zero-order valence-electron chi connectivity index (χ0n) is 12.3. The van der Waals surface area contributed by atoms with Gasteiger partial charge in [0.25, 0.3) is 0 Å². The minimum absolute atomic E-state index is 0.192. The van der Waals surface area contributed by atoms with E-state index in [2.05, 4.69) is 19.2 Å². The predicted molar refractivity (Wildman–Crippen MR) is 74.7 cm³/mol. The van der Waals surface area contributed by atoms with E-state index in [0.717, 1.165) is 19.6 Å². The maximum absolute atomic E-state index is 14.6. The smallest absolute Gasteiger partial charge is 0.110 e. The largest absolute Gasteiger partial charge is 0.379 e. The van der Waals surface area contributed by atoms with Gasteiger partial charge in [-0.1, -0.05) is 39.5 Å². The molecule has 1 saturated heterocycles. The number of halogens is 1. The van der Waals surface area contributed by atoms with Crippen molar-refractivity contribution in [3.8, 4) is 0 Å². The van der Waals surface area contributed by atoms with Gasteiger partial charge >= 0.3 is 0 Å². The zero-order valence-corrected chi connectivity index (χ0v) is 12.3. The van der Waals surface area contributed by atoms with E-state index in [1.165, 1.54) is 19.3 Å². The molecule has 0 saturated carbocycles. The van der Waals surface area contributed by atoms with E-state index < -0.39 is 5.67 Å². The van der Waals surface area contributed by atoms with Gasteiger partial charge in [-0.2, -0.15) is 0 Å². The second-order valence-electron chi connectivity index (χ2n) is 5.96. The number of alkyl halides is 1. The van der Waals surface area contributed by atoms with Crippen LogP contribution in [0.3, 0.4) is 0 Å². The maximum Gasteiger partial charge on any atom is 0.110 e. The third-order valence-corrected chi connectivity index (χ3v) is 3.93. The molecular weight excluding hydrogens is 229 g/mol. The van der Waals surface area contributed by atoms with Crippen LogP contribution in [0.1, 0.15) is 59.3 Å². The summed E-state index contributed by atoms with van der Waals surface area (Å²) >= 11 is 0.